The second kappa shape index (κ2) is 11.1. The maximum Gasteiger partial charge on any atom is 0.349 e. The number of methoxy groups -OCH3 is 1. The van der Waals surface area contributed by atoms with Gasteiger partial charge in [-0.1, -0.05) is 23.9 Å². The molecule has 0 unspecified atom stereocenters. The van der Waals surface area contributed by atoms with E-state index in [1.807, 2.05) is 36.4 Å². The van der Waals surface area contributed by atoms with Gasteiger partial charge in [0, 0.05) is 30.2 Å². The van der Waals surface area contributed by atoms with E-state index in [4.69, 9.17) is 4.74 Å². The van der Waals surface area contributed by atoms with Crippen molar-refractivity contribution in [1.82, 2.24) is 19.9 Å². The van der Waals surface area contributed by atoms with E-state index >= 15 is 0 Å². The first kappa shape index (κ1) is 23.0. The van der Waals surface area contributed by atoms with Crippen molar-refractivity contribution < 1.29 is 9.53 Å². The molecule has 2 heterocycles. The van der Waals surface area contributed by atoms with Crippen LogP contribution in [0.1, 0.15) is 35.2 Å². The largest absolute Gasteiger partial charge is 0.497 e. The van der Waals surface area contributed by atoms with E-state index in [1.165, 1.54) is 11.8 Å². The average molecular weight is 465 g/mol. The first-order valence-corrected chi connectivity index (χ1v) is 12.2. The van der Waals surface area contributed by atoms with Gasteiger partial charge in [0.05, 0.1) is 19.4 Å². The molecule has 0 aliphatic heterocycles. The first-order chi connectivity index (χ1) is 16.1. The molecule has 0 fully saturated rings. The summed E-state index contributed by atoms with van der Waals surface area (Å²) >= 11 is 1.36. The molecule has 0 atom stereocenters. The number of nitrogens with one attached hydrogen (secondary N) is 1. The highest BCUT2D eigenvalue weighted by molar-refractivity contribution is 7.99. The summed E-state index contributed by atoms with van der Waals surface area (Å²) < 4.78 is 6.95. The topological polar surface area (TPSA) is 86.1 Å². The second-order valence-corrected chi connectivity index (χ2v) is 8.97. The quantitative estimate of drug-likeness (QED) is 0.387. The van der Waals surface area contributed by atoms with Crippen LogP contribution in [-0.4, -0.2) is 39.8 Å². The van der Waals surface area contributed by atoms with Crippen LogP contribution in [-0.2, 0) is 30.6 Å². The smallest absolute Gasteiger partial charge is 0.349 e. The van der Waals surface area contributed by atoms with Gasteiger partial charge in [-0.15, -0.1) is 0 Å². The Labute approximate surface area is 197 Å². The number of amides is 1. The molecule has 4 rings (SSSR count). The number of benzene rings is 1. The number of nitrogens with zero attached hydrogens (tertiary/aromatic N) is 3. The Morgan fingerprint density at radius 2 is 1.85 bits per heavy atom. The molecule has 7 nitrogen and oxygen atoms in total. The minimum atomic E-state index is -0.255. The first-order valence-electron chi connectivity index (χ1n) is 11.2. The summed E-state index contributed by atoms with van der Waals surface area (Å²) in [6, 6.07) is 11.7. The molecule has 172 valence electrons. The zero-order chi connectivity index (χ0) is 23.0. The Bertz CT molecular complexity index is 1150. The minimum absolute atomic E-state index is 0.0548. The summed E-state index contributed by atoms with van der Waals surface area (Å²) in [6.07, 6.45) is 8.10. The molecule has 0 saturated heterocycles. The molecule has 0 spiro atoms. The van der Waals surface area contributed by atoms with Crippen LogP contribution in [0.5, 0.6) is 5.75 Å². The van der Waals surface area contributed by atoms with E-state index in [-0.39, 0.29) is 17.3 Å². The molecule has 1 N–H and O–H groups in total. The van der Waals surface area contributed by atoms with Crippen LogP contribution in [0, 0.1) is 0 Å². The van der Waals surface area contributed by atoms with E-state index in [2.05, 4.69) is 15.3 Å². The fraction of sp³-hybridized carbons (Fsp3) is 0.360. The van der Waals surface area contributed by atoms with Crippen molar-refractivity contribution in [2.75, 3.05) is 19.4 Å². The number of aromatic nitrogens is 3. The number of ether oxygens (including phenoxy) is 1. The monoisotopic (exact) mass is 464 g/mol. The van der Waals surface area contributed by atoms with Gasteiger partial charge in [-0.05, 0) is 67.5 Å². The van der Waals surface area contributed by atoms with E-state index in [9.17, 15) is 9.59 Å². The predicted molar refractivity (Wildman–Crippen MR) is 129 cm³/mol. The van der Waals surface area contributed by atoms with E-state index < -0.39 is 0 Å². The van der Waals surface area contributed by atoms with Gasteiger partial charge in [0.25, 0.3) is 0 Å². The van der Waals surface area contributed by atoms with Crippen molar-refractivity contribution in [3.63, 3.8) is 0 Å². The second-order valence-electron chi connectivity index (χ2n) is 8.01. The van der Waals surface area contributed by atoms with Crippen LogP contribution < -0.4 is 15.7 Å². The summed E-state index contributed by atoms with van der Waals surface area (Å²) in [4.78, 5) is 33.7. The van der Waals surface area contributed by atoms with Crippen molar-refractivity contribution in [2.45, 2.75) is 43.7 Å². The predicted octanol–water partition coefficient (Wildman–Crippen LogP) is 3.03. The number of carbonyl (C=O) groups is 1. The van der Waals surface area contributed by atoms with E-state index in [0.29, 0.717) is 18.1 Å². The van der Waals surface area contributed by atoms with Gasteiger partial charge < -0.3 is 10.1 Å². The highest BCUT2D eigenvalue weighted by Gasteiger charge is 2.21. The van der Waals surface area contributed by atoms with Crippen LogP contribution in [0.25, 0.3) is 0 Å². The number of rotatable bonds is 9. The molecule has 3 aromatic rings. The van der Waals surface area contributed by atoms with Crippen molar-refractivity contribution in [1.29, 1.82) is 0 Å². The molecule has 0 saturated carbocycles. The number of hydrogen-bond donors (Lipinski definition) is 1. The van der Waals surface area contributed by atoms with Gasteiger partial charge in [0.15, 0.2) is 0 Å². The summed E-state index contributed by atoms with van der Waals surface area (Å²) in [5.41, 5.74) is 4.08. The van der Waals surface area contributed by atoms with Crippen molar-refractivity contribution in [3.05, 3.63) is 81.7 Å². The Balaban J connectivity index is 1.38. The number of fused-ring (bicyclic) bond motifs is 1. The zero-order valence-electron chi connectivity index (χ0n) is 18.8. The lowest BCUT2D eigenvalue weighted by molar-refractivity contribution is -0.118. The lowest BCUT2D eigenvalue weighted by atomic mass is 9.97. The Hall–Kier alpha value is -3.13. The van der Waals surface area contributed by atoms with Gasteiger partial charge in [-0.2, -0.15) is 4.98 Å². The molecule has 8 heteroatoms. The Kier molecular flexibility index (Phi) is 7.78. The number of carbonyl (C=O) groups excluding carboxylic acids is 1. The summed E-state index contributed by atoms with van der Waals surface area (Å²) in [6.45, 7) is 1.05. The Morgan fingerprint density at radius 1 is 1.09 bits per heavy atom. The molecule has 1 aliphatic carbocycles. The summed E-state index contributed by atoms with van der Waals surface area (Å²) in [7, 11) is 1.64. The molecule has 1 amide bonds. The van der Waals surface area contributed by atoms with Gasteiger partial charge in [-0.3, -0.25) is 14.3 Å². The lowest BCUT2D eigenvalue weighted by Crippen LogP contribution is -2.31. The molecular weight excluding hydrogens is 436 g/mol. The molecule has 0 radical (unpaired) electrons. The number of hydrogen-bond acceptors (Lipinski definition) is 6. The summed E-state index contributed by atoms with van der Waals surface area (Å²) in [5, 5.41) is 3.66. The highest BCUT2D eigenvalue weighted by atomic mass is 32.2. The SMILES string of the molecule is COc1ccc(CCNC(=O)CSc2nc(=O)n(Cc3ccncc3)c3c2CCCC3)cc1. The minimum Gasteiger partial charge on any atom is -0.497 e. The van der Waals surface area contributed by atoms with Gasteiger partial charge in [0.1, 0.15) is 10.8 Å². The highest BCUT2D eigenvalue weighted by Crippen LogP contribution is 2.28. The lowest BCUT2D eigenvalue weighted by Gasteiger charge is -2.22. The molecule has 2 aromatic heterocycles. The fourth-order valence-electron chi connectivity index (χ4n) is 4.02. The Morgan fingerprint density at radius 3 is 2.61 bits per heavy atom. The van der Waals surface area contributed by atoms with E-state index in [0.717, 1.165) is 60.2 Å². The van der Waals surface area contributed by atoms with Crippen LogP contribution in [0.15, 0.2) is 58.6 Å². The van der Waals surface area contributed by atoms with Crippen LogP contribution in [0.4, 0.5) is 0 Å². The van der Waals surface area contributed by atoms with Crippen molar-refractivity contribution >= 4 is 17.7 Å². The van der Waals surface area contributed by atoms with Gasteiger partial charge in [0.2, 0.25) is 5.91 Å². The van der Waals surface area contributed by atoms with Crippen LogP contribution in [0.3, 0.4) is 0 Å². The third-order valence-electron chi connectivity index (χ3n) is 5.78. The maximum absolute atomic E-state index is 12.8. The van der Waals surface area contributed by atoms with Crippen LogP contribution in [0.2, 0.25) is 0 Å². The maximum atomic E-state index is 12.8. The van der Waals surface area contributed by atoms with Crippen molar-refractivity contribution in [3.8, 4) is 5.75 Å². The van der Waals surface area contributed by atoms with E-state index in [1.54, 1.807) is 24.1 Å². The third-order valence-corrected chi connectivity index (χ3v) is 6.79. The number of thioether (sulfide) groups is 1. The molecule has 1 aliphatic rings. The molecule has 33 heavy (non-hydrogen) atoms. The molecular formula is C25H28N4O3S. The summed E-state index contributed by atoms with van der Waals surface area (Å²) in [5.74, 6) is 1.01. The van der Waals surface area contributed by atoms with Gasteiger partial charge in [-0.25, -0.2) is 4.79 Å². The number of pyridine rings is 1. The van der Waals surface area contributed by atoms with Gasteiger partial charge >= 0.3 is 5.69 Å². The van der Waals surface area contributed by atoms with Crippen molar-refractivity contribution in [2.24, 2.45) is 0 Å². The third kappa shape index (κ3) is 6.01. The normalized spacial score (nSPS) is 12.8. The standard InChI is InChI=1S/C25H28N4O3S/c1-32-20-8-6-18(7-9-20)12-15-27-23(30)17-33-24-21-4-2-3-5-22(21)29(25(31)28-24)16-19-10-13-26-14-11-19/h6-11,13-14H,2-5,12,15-17H2,1H3,(H,27,30). The fourth-order valence-corrected chi connectivity index (χ4v) is 4.93. The van der Waals surface area contributed by atoms with Crippen LogP contribution >= 0.6 is 11.8 Å². The zero-order valence-corrected chi connectivity index (χ0v) is 19.6. The average Bonchev–Trinajstić information content (AvgIpc) is 2.86. The molecule has 1 aromatic carbocycles. The molecule has 0 bridgehead atoms.